The summed E-state index contributed by atoms with van der Waals surface area (Å²) in [6, 6.07) is 16.6. The molecule has 0 spiro atoms. The van der Waals surface area contributed by atoms with Crippen LogP contribution in [0.1, 0.15) is 49.2 Å². The highest BCUT2D eigenvalue weighted by atomic mass is 16.5. The predicted molar refractivity (Wildman–Crippen MR) is 118 cm³/mol. The van der Waals surface area contributed by atoms with E-state index in [4.69, 9.17) is 4.74 Å². The molecule has 2 aliphatic rings. The van der Waals surface area contributed by atoms with Gasteiger partial charge in [-0.25, -0.2) is 0 Å². The summed E-state index contributed by atoms with van der Waals surface area (Å²) < 4.78 is 6.01. The minimum Gasteiger partial charge on any atom is -0.375 e. The molecule has 2 saturated heterocycles. The summed E-state index contributed by atoms with van der Waals surface area (Å²) in [7, 11) is 2.20. The van der Waals surface area contributed by atoms with E-state index in [2.05, 4.69) is 66.0 Å². The minimum atomic E-state index is -0.543. The number of likely N-dealkylation sites (N-methyl/N-ethyl adjacent to an activating group) is 1. The van der Waals surface area contributed by atoms with Gasteiger partial charge in [-0.05, 0) is 51.4 Å². The standard InChI is InChI=1S/C25H33N3O2/c1-24(2)19-25(13-16-30-24,23(29)22-11-7-8-14-26-22)28-15-12-21(18-28)27(3)17-20-9-5-4-6-10-20/h4-11,14,21H,12-13,15-19H2,1-3H3/t21-,25+/m0/s1. The summed E-state index contributed by atoms with van der Waals surface area (Å²) in [5, 5.41) is 0. The molecule has 0 N–H and O–H groups in total. The van der Waals surface area contributed by atoms with Crippen LogP contribution in [0, 0.1) is 0 Å². The largest absolute Gasteiger partial charge is 0.375 e. The number of benzene rings is 1. The summed E-state index contributed by atoms with van der Waals surface area (Å²) in [4.78, 5) is 23.1. The van der Waals surface area contributed by atoms with Crippen LogP contribution in [-0.4, -0.2) is 64.5 Å². The smallest absolute Gasteiger partial charge is 0.201 e. The third-order valence-corrected chi connectivity index (χ3v) is 6.71. The number of hydrogen-bond acceptors (Lipinski definition) is 5. The third-order valence-electron chi connectivity index (χ3n) is 6.71. The fourth-order valence-corrected chi connectivity index (χ4v) is 5.17. The van der Waals surface area contributed by atoms with Gasteiger partial charge in [-0.3, -0.25) is 19.6 Å². The number of nitrogens with zero attached hydrogens (tertiary/aromatic N) is 3. The summed E-state index contributed by atoms with van der Waals surface area (Å²) in [5.41, 5.74) is 1.02. The second-order valence-corrected chi connectivity index (χ2v) is 9.40. The Morgan fingerprint density at radius 2 is 1.97 bits per heavy atom. The molecule has 2 aliphatic heterocycles. The van der Waals surface area contributed by atoms with E-state index in [1.807, 2.05) is 18.2 Å². The van der Waals surface area contributed by atoms with Gasteiger partial charge in [0, 0.05) is 44.9 Å². The Labute approximate surface area is 180 Å². The Balaban J connectivity index is 1.55. The Morgan fingerprint density at radius 3 is 2.67 bits per heavy atom. The van der Waals surface area contributed by atoms with Crippen molar-refractivity contribution in [2.75, 3.05) is 26.7 Å². The van der Waals surface area contributed by atoms with Gasteiger partial charge in [-0.2, -0.15) is 0 Å². The molecular formula is C25H33N3O2. The van der Waals surface area contributed by atoms with Crippen LogP contribution in [0.25, 0.3) is 0 Å². The summed E-state index contributed by atoms with van der Waals surface area (Å²) >= 11 is 0. The number of carbonyl (C=O) groups is 1. The van der Waals surface area contributed by atoms with Gasteiger partial charge in [0.05, 0.1) is 11.1 Å². The number of ether oxygens (including phenoxy) is 1. The van der Waals surface area contributed by atoms with Crippen LogP contribution in [0.5, 0.6) is 0 Å². The summed E-state index contributed by atoms with van der Waals surface area (Å²) in [6.07, 6.45) is 4.21. The Kier molecular flexibility index (Phi) is 6.05. The first kappa shape index (κ1) is 21.2. The summed E-state index contributed by atoms with van der Waals surface area (Å²) in [5.74, 6) is 0.144. The van der Waals surface area contributed by atoms with Crippen molar-refractivity contribution in [1.29, 1.82) is 0 Å². The highest BCUT2D eigenvalue weighted by molar-refractivity contribution is 6.02. The monoisotopic (exact) mass is 407 g/mol. The van der Waals surface area contributed by atoms with E-state index in [1.165, 1.54) is 5.56 Å². The number of carbonyl (C=O) groups excluding carboxylic acids is 1. The average molecular weight is 408 g/mol. The molecule has 0 saturated carbocycles. The normalized spacial score (nSPS) is 26.7. The minimum absolute atomic E-state index is 0.144. The van der Waals surface area contributed by atoms with Crippen molar-refractivity contribution in [3.8, 4) is 0 Å². The van der Waals surface area contributed by atoms with E-state index >= 15 is 0 Å². The van der Waals surface area contributed by atoms with Crippen molar-refractivity contribution in [2.45, 2.75) is 56.8 Å². The zero-order chi connectivity index (χ0) is 21.2. The fourth-order valence-electron chi connectivity index (χ4n) is 5.17. The van der Waals surface area contributed by atoms with Crippen LogP contribution in [0.3, 0.4) is 0 Å². The lowest BCUT2D eigenvalue weighted by molar-refractivity contribution is -0.104. The zero-order valence-electron chi connectivity index (χ0n) is 18.4. The maximum absolute atomic E-state index is 13.8. The maximum Gasteiger partial charge on any atom is 0.201 e. The maximum atomic E-state index is 13.8. The topological polar surface area (TPSA) is 45.7 Å². The molecule has 2 aromatic rings. The molecule has 0 amide bonds. The van der Waals surface area contributed by atoms with E-state index in [0.29, 0.717) is 24.8 Å². The van der Waals surface area contributed by atoms with Gasteiger partial charge in [0.25, 0.3) is 0 Å². The second-order valence-electron chi connectivity index (χ2n) is 9.40. The number of pyridine rings is 1. The zero-order valence-corrected chi connectivity index (χ0v) is 18.4. The van der Waals surface area contributed by atoms with Crippen molar-refractivity contribution in [3.63, 3.8) is 0 Å². The van der Waals surface area contributed by atoms with Crippen molar-refractivity contribution < 1.29 is 9.53 Å². The fraction of sp³-hybridized carbons (Fsp3) is 0.520. The summed E-state index contributed by atoms with van der Waals surface area (Å²) in [6.45, 7) is 7.56. The molecule has 0 unspecified atom stereocenters. The predicted octanol–water partition coefficient (Wildman–Crippen LogP) is 3.80. The highest BCUT2D eigenvalue weighted by Gasteiger charge is 2.52. The first-order valence-electron chi connectivity index (χ1n) is 11.0. The van der Waals surface area contributed by atoms with Crippen molar-refractivity contribution in [2.24, 2.45) is 0 Å². The van der Waals surface area contributed by atoms with Crippen LogP contribution < -0.4 is 0 Å². The lowest BCUT2D eigenvalue weighted by Gasteiger charge is -2.48. The van der Waals surface area contributed by atoms with E-state index < -0.39 is 5.54 Å². The molecule has 3 heterocycles. The van der Waals surface area contributed by atoms with Gasteiger partial charge >= 0.3 is 0 Å². The molecule has 160 valence electrons. The Bertz CT molecular complexity index is 855. The number of rotatable bonds is 6. The molecule has 0 radical (unpaired) electrons. The van der Waals surface area contributed by atoms with Crippen LogP contribution >= 0.6 is 0 Å². The Hall–Kier alpha value is -2.08. The molecule has 0 aliphatic carbocycles. The van der Waals surface area contributed by atoms with Gasteiger partial charge < -0.3 is 4.74 Å². The van der Waals surface area contributed by atoms with Crippen LogP contribution in [-0.2, 0) is 11.3 Å². The van der Waals surface area contributed by atoms with Crippen LogP contribution in [0.4, 0.5) is 0 Å². The van der Waals surface area contributed by atoms with Gasteiger partial charge in [0.1, 0.15) is 5.69 Å². The number of Topliss-reactive ketones (excluding diaryl/α,β-unsaturated/α-hetero) is 1. The SMILES string of the molecule is CN(Cc1ccccc1)[C@H]1CCN([C@]2(C(=O)c3ccccn3)CCOC(C)(C)C2)C1. The van der Waals surface area contributed by atoms with E-state index in [1.54, 1.807) is 6.20 Å². The molecule has 5 nitrogen and oxygen atoms in total. The van der Waals surface area contributed by atoms with Gasteiger partial charge in [0.2, 0.25) is 5.78 Å². The molecule has 30 heavy (non-hydrogen) atoms. The Morgan fingerprint density at radius 1 is 1.20 bits per heavy atom. The number of aromatic nitrogens is 1. The van der Waals surface area contributed by atoms with E-state index in [0.717, 1.165) is 32.5 Å². The number of likely N-dealkylation sites (tertiary alicyclic amines) is 1. The van der Waals surface area contributed by atoms with Crippen LogP contribution in [0.2, 0.25) is 0 Å². The number of hydrogen-bond donors (Lipinski definition) is 0. The quantitative estimate of drug-likeness (QED) is 0.682. The molecule has 2 atom stereocenters. The molecule has 0 bridgehead atoms. The number of ketones is 1. The second kappa shape index (κ2) is 8.58. The molecule has 1 aromatic carbocycles. The molecule has 5 heteroatoms. The molecule has 2 fully saturated rings. The van der Waals surface area contributed by atoms with E-state index in [9.17, 15) is 4.79 Å². The van der Waals surface area contributed by atoms with Crippen molar-refractivity contribution in [1.82, 2.24) is 14.8 Å². The lowest BCUT2D eigenvalue weighted by Crippen LogP contribution is -2.61. The first-order chi connectivity index (χ1) is 14.4. The van der Waals surface area contributed by atoms with Crippen molar-refractivity contribution >= 4 is 5.78 Å². The van der Waals surface area contributed by atoms with Crippen molar-refractivity contribution in [3.05, 3.63) is 66.0 Å². The van der Waals surface area contributed by atoms with Gasteiger partial charge in [-0.15, -0.1) is 0 Å². The van der Waals surface area contributed by atoms with Crippen LogP contribution in [0.15, 0.2) is 54.7 Å². The molecule has 1 aromatic heterocycles. The van der Waals surface area contributed by atoms with E-state index in [-0.39, 0.29) is 11.4 Å². The highest BCUT2D eigenvalue weighted by Crippen LogP contribution is 2.40. The molecular weight excluding hydrogens is 374 g/mol. The molecule has 4 rings (SSSR count). The average Bonchev–Trinajstić information content (AvgIpc) is 3.25. The van der Waals surface area contributed by atoms with Gasteiger partial charge in [-0.1, -0.05) is 36.4 Å². The lowest BCUT2D eigenvalue weighted by atomic mass is 9.76. The van der Waals surface area contributed by atoms with Gasteiger partial charge in [0.15, 0.2) is 0 Å². The third kappa shape index (κ3) is 4.34. The first-order valence-corrected chi connectivity index (χ1v) is 11.0.